The Morgan fingerprint density at radius 2 is 1.81 bits per heavy atom. The second-order valence-electron chi connectivity index (χ2n) is 4.74. The van der Waals surface area contributed by atoms with Gasteiger partial charge in [-0.15, -0.1) is 0 Å². The van der Waals surface area contributed by atoms with Gasteiger partial charge in [-0.2, -0.15) is 0 Å². The molecule has 1 heterocycles. The van der Waals surface area contributed by atoms with Gasteiger partial charge in [0.2, 0.25) is 0 Å². The molecule has 21 heavy (non-hydrogen) atoms. The third-order valence-electron chi connectivity index (χ3n) is 2.92. The number of aryl methyl sites for hydroxylation is 1. The van der Waals surface area contributed by atoms with Crippen LogP contribution in [0.2, 0.25) is 0 Å². The normalized spacial score (nSPS) is 11.3. The lowest BCUT2D eigenvalue weighted by Crippen LogP contribution is -2.07. The Balaban J connectivity index is 2.21. The minimum atomic E-state index is -3.49. The number of rotatable bonds is 5. The Kier molecular flexibility index (Phi) is 4.37. The summed E-state index contributed by atoms with van der Waals surface area (Å²) in [6.07, 6.45) is -0.125. The number of nitrogens with zero attached hydrogens (tertiary/aromatic N) is 1. The number of pyridine rings is 1. The van der Waals surface area contributed by atoms with Gasteiger partial charge in [0, 0.05) is 5.69 Å². The number of sulfone groups is 1. The molecule has 0 unspecified atom stereocenters. The van der Waals surface area contributed by atoms with E-state index in [1.807, 2.05) is 0 Å². The van der Waals surface area contributed by atoms with Crippen molar-refractivity contribution in [2.75, 3.05) is 0 Å². The molecule has 110 valence electrons. The van der Waals surface area contributed by atoms with Crippen LogP contribution >= 0.6 is 0 Å². The Hall–Kier alpha value is -2.21. The lowest BCUT2D eigenvalue weighted by atomic mass is 10.2. The van der Waals surface area contributed by atoms with E-state index in [0.717, 1.165) is 5.69 Å². The maximum absolute atomic E-state index is 12.3. The van der Waals surface area contributed by atoms with Crippen LogP contribution in [-0.2, 0) is 26.8 Å². The Morgan fingerprint density at radius 3 is 2.38 bits per heavy atom. The number of hydrogen-bond donors (Lipinski definition) is 1. The van der Waals surface area contributed by atoms with Crippen molar-refractivity contribution in [1.82, 2.24) is 4.98 Å². The minimum Gasteiger partial charge on any atom is -0.481 e. The van der Waals surface area contributed by atoms with Crippen LogP contribution in [0.25, 0.3) is 0 Å². The minimum absolute atomic E-state index is 0.125. The molecule has 0 saturated heterocycles. The number of carboxylic acid groups (broad SMARTS) is 1. The zero-order valence-electron chi connectivity index (χ0n) is 11.5. The predicted molar refractivity (Wildman–Crippen MR) is 77.6 cm³/mol. The molecule has 0 aliphatic rings. The van der Waals surface area contributed by atoms with Gasteiger partial charge in [0.15, 0.2) is 9.84 Å². The lowest BCUT2D eigenvalue weighted by molar-refractivity contribution is -0.136. The summed E-state index contributed by atoms with van der Waals surface area (Å²) in [6.45, 7) is 1.80. The molecule has 0 bridgehead atoms. The first-order valence-electron chi connectivity index (χ1n) is 6.33. The summed E-state index contributed by atoms with van der Waals surface area (Å²) >= 11 is 0. The molecule has 0 fully saturated rings. The van der Waals surface area contributed by atoms with Gasteiger partial charge < -0.3 is 5.11 Å². The van der Waals surface area contributed by atoms with Crippen molar-refractivity contribution in [3.8, 4) is 0 Å². The molecule has 0 amide bonds. The first-order valence-corrected chi connectivity index (χ1v) is 7.98. The zero-order chi connectivity index (χ0) is 15.5. The van der Waals surface area contributed by atoms with E-state index < -0.39 is 15.8 Å². The summed E-state index contributed by atoms with van der Waals surface area (Å²) in [4.78, 5) is 14.9. The van der Waals surface area contributed by atoms with Crippen LogP contribution in [0.4, 0.5) is 0 Å². The van der Waals surface area contributed by atoms with Crippen LogP contribution in [0.15, 0.2) is 47.4 Å². The van der Waals surface area contributed by atoms with Crippen molar-refractivity contribution in [2.24, 2.45) is 0 Å². The summed E-state index contributed by atoms with van der Waals surface area (Å²) in [5.41, 5.74) is 1.82. The number of benzene rings is 1. The zero-order valence-corrected chi connectivity index (χ0v) is 12.3. The van der Waals surface area contributed by atoms with Gasteiger partial charge in [0.1, 0.15) is 0 Å². The van der Waals surface area contributed by atoms with E-state index in [1.54, 1.807) is 25.1 Å². The molecule has 0 atom stereocenters. The molecule has 0 aliphatic carbocycles. The number of aromatic nitrogens is 1. The van der Waals surface area contributed by atoms with E-state index in [9.17, 15) is 13.2 Å². The first kappa shape index (κ1) is 15.2. The molecular formula is C15H15NO4S. The van der Waals surface area contributed by atoms with E-state index in [1.165, 1.54) is 24.3 Å². The highest BCUT2D eigenvalue weighted by atomic mass is 32.2. The van der Waals surface area contributed by atoms with Gasteiger partial charge in [-0.25, -0.2) is 8.42 Å². The van der Waals surface area contributed by atoms with Crippen molar-refractivity contribution < 1.29 is 18.3 Å². The van der Waals surface area contributed by atoms with Gasteiger partial charge in [-0.05, 0) is 36.8 Å². The fourth-order valence-corrected chi connectivity index (χ4v) is 3.21. The summed E-state index contributed by atoms with van der Waals surface area (Å²) < 4.78 is 24.6. The van der Waals surface area contributed by atoms with Gasteiger partial charge in [-0.3, -0.25) is 9.78 Å². The molecule has 1 N–H and O–H groups in total. The highest BCUT2D eigenvalue weighted by molar-refractivity contribution is 7.90. The Labute approximate surface area is 123 Å². The summed E-state index contributed by atoms with van der Waals surface area (Å²) in [5, 5.41) is 8.69. The average Bonchev–Trinajstić information content (AvgIpc) is 2.38. The van der Waals surface area contributed by atoms with Gasteiger partial charge in [0.05, 0.1) is 22.8 Å². The van der Waals surface area contributed by atoms with E-state index in [0.29, 0.717) is 11.3 Å². The highest BCUT2D eigenvalue weighted by Gasteiger charge is 2.16. The van der Waals surface area contributed by atoms with E-state index in [2.05, 4.69) is 4.98 Å². The molecule has 0 radical (unpaired) electrons. The van der Waals surface area contributed by atoms with Crippen LogP contribution in [0.1, 0.15) is 17.0 Å². The molecule has 0 spiro atoms. The lowest BCUT2D eigenvalue weighted by Gasteiger charge is -2.06. The molecule has 0 saturated carbocycles. The van der Waals surface area contributed by atoms with Crippen LogP contribution in [0.3, 0.4) is 0 Å². The molecule has 5 nitrogen and oxygen atoms in total. The quantitative estimate of drug-likeness (QED) is 0.913. The standard InChI is InChI=1S/C15H15NO4S/c1-11-3-2-4-13(16-11)10-21(19,20)14-7-5-12(6-8-14)9-15(17)18/h2-8H,9-10H2,1H3,(H,17,18). The molecule has 2 rings (SSSR count). The molecule has 1 aromatic carbocycles. The monoisotopic (exact) mass is 305 g/mol. The van der Waals surface area contributed by atoms with Crippen molar-refractivity contribution >= 4 is 15.8 Å². The fourth-order valence-electron chi connectivity index (χ4n) is 1.95. The fraction of sp³-hybridized carbons (Fsp3) is 0.200. The topological polar surface area (TPSA) is 84.3 Å². The molecule has 1 aromatic heterocycles. The molecule has 6 heteroatoms. The number of aliphatic carboxylic acids is 1. The second kappa shape index (κ2) is 6.05. The van der Waals surface area contributed by atoms with Crippen molar-refractivity contribution in [3.63, 3.8) is 0 Å². The van der Waals surface area contributed by atoms with Crippen molar-refractivity contribution in [2.45, 2.75) is 24.0 Å². The third kappa shape index (κ3) is 4.13. The Morgan fingerprint density at radius 1 is 1.14 bits per heavy atom. The maximum atomic E-state index is 12.3. The molecule has 2 aromatic rings. The van der Waals surface area contributed by atoms with Crippen molar-refractivity contribution in [3.05, 3.63) is 59.4 Å². The van der Waals surface area contributed by atoms with Gasteiger partial charge in [0.25, 0.3) is 0 Å². The van der Waals surface area contributed by atoms with E-state index >= 15 is 0 Å². The first-order chi connectivity index (χ1) is 9.87. The van der Waals surface area contributed by atoms with Crippen LogP contribution in [-0.4, -0.2) is 24.5 Å². The summed E-state index contributed by atoms with van der Waals surface area (Å²) in [7, 11) is -3.49. The largest absolute Gasteiger partial charge is 0.481 e. The van der Waals surface area contributed by atoms with Crippen LogP contribution < -0.4 is 0 Å². The number of carbonyl (C=O) groups is 1. The van der Waals surface area contributed by atoms with E-state index in [-0.39, 0.29) is 17.1 Å². The second-order valence-corrected chi connectivity index (χ2v) is 6.73. The number of hydrogen-bond acceptors (Lipinski definition) is 4. The third-order valence-corrected chi connectivity index (χ3v) is 4.59. The highest BCUT2D eigenvalue weighted by Crippen LogP contribution is 2.16. The number of carboxylic acids is 1. The maximum Gasteiger partial charge on any atom is 0.307 e. The molecule has 0 aliphatic heterocycles. The Bertz CT molecular complexity index is 751. The van der Waals surface area contributed by atoms with Crippen LogP contribution in [0, 0.1) is 6.92 Å². The van der Waals surface area contributed by atoms with E-state index in [4.69, 9.17) is 5.11 Å². The smallest absolute Gasteiger partial charge is 0.307 e. The van der Waals surface area contributed by atoms with Gasteiger partial charge in [-0.1, -0.05) is 18.2 Å². The van der Waals surface area contributed by atoms with Gasteiger partial charge >= 0.3 is 5.97 Å². The average molecular weight is 305 g/mol. The summed E-state index contributed by atoms with van der Waals surface area (Å²) in [6, 6.07) is 11.1. The SMILES string of the molecule is Cc1cccc(CS(=O)(=O)c2ccc(CC(=O)O)cc2)n1. The predicted octanol–water partition coefficient (Wildman–Crippen LogP) is 1.99. The molecular weight excluding hydrogens is 290 g/mol. The van der Waals surface area contributed by atoms with Crippen molar-refractivity contribution in [1.29, 1.82) is 0 Å². The summed E-state index contributed by atoms with van der Waals surface area (Å²) in [5.74, 6) is -1.12. The van der Waals surface area contributed by atoms with Crippen LogP contribution in [0.5, 0.6) is 0 Å².